The molecular formula is C13H10BF2NO3. The molecule has 0 radical (unpaired) electrons. The number of anilines is 1. The van der Waals surface area contributed by atoms with Crippen molar-refractivity contribution in [3.8, 4) is 11.5 Å². The molecule has 4 nitrogen and oxygen atoms in total. The average molecular weight is 277 g/mol. The van der Waals surface area contributed by atoms with Gasteiger partial charge in [-0.25, -0.2) is 13.6 Å². The fraction of sp³-hybridized carbons (Fsp3) is 0. The van der Waals surface area contributed by atoms with Gasteiger partial charge in [0.15, 0.2) is 11.6 Å². The van der Waals surface area contributed by atoms with Crippen molar-refractivity contribution >= 4 is 19.6 Å². The molecule has 20 heavy (non-hydrogen) atoms. The minimum atomic E-state index is -1.09. The maximum atomic E-state index is 13.5. The van der Waals surface area contributed by atoms with Crippen LogP contribution >= 0.6 is 0 Å². The summed E-state index contributed by atoms with van der Waals surface area (Å²) in [5, 5.41) is 11.7. The standard InChI is InChI=1S/C13H10BF2NO3/c14-17-11-6-8(2-3-9(11)13(18)19)20-12-4-1-7(15)5-10(12)16/h1-6,17H,14H2,(H,18,19). The highest BCUT2D eigenvalue weighted by Crippen LogP contribution is 2.28. The van der Waals surface area contributed by atoms with Gasteiger partial charge in [0.1, 0.15) is 11.6 Å². The van der Waals surface area contributed by atoms with Crippen molar-refractivity contribution in [1.29, 1.82) is 0 Å². The van der Waals surface area contributed by atoms with Gasteiger partial charge < -0.3 is 15.1 Å². The molecule has 0 saturated carbocycles. The van der Waals surface area contributed by atoms with Crippen LogP contribution in [0.2, 0.25) is 0 Å². The van der Waals surface area contributed by atoms with Crippen molar-refractivity contribution in [2.45, 2.75) is 0 Å². The third kappa shape index (κ3) is 2.88. The number of hydrogen-bond donors (Lipinski definition) is 2. The van der Waals surface area contributed by atoms with Crippen LogP contribution in [-0.2, 0) is 0 Å². The average Bonchev–Trinajstić information content (AvgIpc) is 2.41. The molecule has 2 aromatic rings. The minimum absolute atomic E-state index is 0.0689. The van der Waals surface area contributed by atoms with Gasteiger partial charge in [0, 0.05) is 17.8 Å². The number of halogens is 2. The molecule has 0 amide bonds. The van der Waals surface area contributed by atoms with Gasteiger partial charge in [-0.15, -0.1) is 0 Å². The largest absolute Gasteiger partial charge is 0.478 e. The molecule has 0 saturated heterocycles. The molecule has 0 aliphatic rings. The zero-order valence-electron chi connectivity index (χ0n) is 10.5. The van der Waals surface area contributed by atoms with E-state index in [-0.39, 0.29) is 17.1 Å². The van der Waals surface area contributed by atoms with Crippen molar-refractivity contribution in [3.63, 3.8) is 0 Å². The Kier molecular flexibility index (Phi) is 3.88. The lowest BCUT2D eigenvalue weighted by molar-refractivity contribution is 0.0698. The number of carboxylic acids is 1. The SMILES string of the molecule is BNc1cc(Oc2ccc(F)cc2F)ccc1C(=O)O. The van der Waals surface area contributed by atoms with E-state index < -0.39 is 17.6 Å². The Morgan fingerprint density at radius 1 is 1.20 bits per heavy atom. The van der Waals surface area contributed by atoms with E-state index in [0.717, 1.165) is 12.1 Å². The molecule has 102 valence electrons. The lowest BCUT2D eigenvalue weighted by Crippen LogP contribution is -2.03. The molecule has 7 heteroatoms. The lowest BCUT2D eigenvalue weighted by atomic mass is 10.1. The first kappa shape index (κ1) is 13.9. The number of benzene rings is 2. The summed E-state index contributed by atoms with van der Waals surface area (Å²) in [6.07, 6.45) is 0. The van der Waals surface area contributed by atoms with Gasteiger partial charge in [-0.1, -0.05) is 0 Å². The molecule has 2 aromatic carbocycles. The van der Waals surface area contributed by atoms with Gasteiger partial charge in [-0.2, -0.15) is 0 Å². The molecule has 0 spiro atoms. The van der Waals surface area contributed by atoms with Gasteiger partial charge >= 0.3 is 5.97 Å². The summed E-state index contributed by atoms with van der Waals surface area (Å²) in [6, 6.07) is 7.10. The summed E-state index contributed by atoms with van der Waals surface area (Å²) in [6.45, 7) is 0. The van der Waals surface area contributed by atoms with E-state index in [0.29, 0.717) is 11.8 Å². The Labute approximate surface area is 114 Å². The van der Waals surface area contributed by atoms with Crippen LogP contribution < -0.4 is 9.96 Å². The zero-order valence-corrected chi connectivity index (χ0v) is 10.5. The number of carboxylic acid groups (broad SMARTS) is 1. The normalized spacial score (nSPS) is 10.1. The molecular weight excluding hydrogens is 267 g/mol. The topological polar surface area (TPSA) is 58.6 Å². The Morgan fingerprint density at radius 2 is 1.95 bits per heavy atom. The van der Waals surface area contributed by atoms with E-state index in [1.54, 1.807) is 7.98 Å². The highest BCUT2D eigenvalue weighted by atomic mass is 19.1. The molecule has 0 bridgehead atoms. The number of carbonyl (C=O) groups is 1. The van der Waals surface area contributed by atoms with E-state index in [4.69, 9.17) is 9.84 Å². The molecule has 0 unspecified atom stereocenters. The van der Waals surface area contributed by atoms with E-state index in [1.807, 2.05) is 0 Å². The Morgan fingerprint density at radius 3 is 2.55 bits per heavy atom. The van der Waals surface area contributed by atoms with Crippen LogP contribution in [0.1, 0.15) is 10.4 Å². The second-order valence-electron chi connectivity index (χ2n) is 3.94. The highest BCUT2D eigenvalue weighted by Gasteiger charge is 2.11. The first-order valence-corrected chi connectivity index (χ1v) is 5.69. The van der Waals surface area contributed by atoms with Crippen LogP contribution in [0.15, 0.2) is 36.4 Å². The third-order valence-electron chi connectivity index (χ3n) is 2.61. The Hall–Kier alpha value is -2.57. The summed E-state index contributed by atoms with van der Waals surface area (Å²) >= 11 is 0. The van der Waals surface area contributed by atoms with E-state index in [1.165, 1.54) is 18.2 Å². The van der Waals surface area contributed by atoms with Crippen molar-refractivity contribution in [2.75, 3.05) is 5.23 Å². The fourth-order valence-electron chi connectivity index (χ4n) is 1.67. The second-order valence-corrected chi connectivity index (χ2v) is 3.94. The summed E-state index contributed by atoms with van der Waals surface area (Å²) in [5.41, 5.74) is 0.400. The van der Waals surface area contributed by atoms with Crippen LogP contribution in [0.5, 0.6) is 11.5 Å². The molecule has 0 atom stereocenters. The molecule has 2 rings (SSSR count). The monoisotopic (exact) mass is 277 g/mol. The van der Waals surface area contributed by atoms with Gasteiger partial charge in [-0.05, 0) is 24.3 Å². The van der Waals surface area contributed by atoms with E-state index in [2.05, 4.69) is 5.23 Å². The lowest BCUT2D eigenvalue weighted by Gasteiger charge is -2.10. The van der Waals surface area contributed by atoms with Crippen LogP contribution in [0.3, 0.4) is 0 Å². The maximum absolute atomic E-state index is 13.5. The molecule has 2 N–H and O–H groups in total. The molecule has 0 aliphatic heterocycles. The third-order valence-corrected chi connectivity index (χ3v) is 2.61. The molecule has 0 aliphatic carbocycles. The first-order chi connectivity index (χ1) is 9.51. The highest BCUT2D eigenvalue weighted by molar-refractivity contribution is 6.17. The van der Waals surface area contributed by atoms with E-state index >= 15 is 0 Å². The number of hydrogen-bond acceptors (Lipinski definition) is 3. The maximum Gasteiger partial charge on any atom is 0.337 e. The fourth-order valence-corrected chi connectivity index (χ4v) is 1.67. The zero-order chi connectivity index (χ0) is 14.7. The van der Waals surface area contributed by atoms with Gasteiger partial charge in [-0.3, -0.25) is 0 Å². The van der Waals surface area contributed by atoms with Crippen molar-refractivity contribution in [3.05, 3.63) is 53.6 Å². The molecule has 0 fully saturated rings. The number of nitrogens with one attached hydrogen (secondary N) is 1. The number of aromatic carboxylic acids is 1. The molecule has 0 heterocycles. The van der Waals surface area contributed by atoms with Crippen LogP contribution in [-0.4, -0.2) is 19.1 Å². The first-order valence-electron chi connectivity index (χ1n) is 5.69. The minimum Gasteiger partial charge on any atom is -0.478 e. The quantitative estimate of drug-likeness (QED) is 0.842. The summed E-state index contributed by atoms with van der Waals surface area (Å²) < 4.78 is 31.5. The smallest absolute Gasteiger partial charge is 0.337 e. The van der Waals surface area contributed by atoms with Gasteiger partial charge in [0.2, 0.25) is 7.98 Å². The van der Waals surface area contributed by atoms with Crippen molar-refractivity contribution in [1.82, 2.24) is 0 Å². The Bertz CT molecular complexity index is 664. The Balaban J connectivity index is 2.32. The molecule has 0 aromatic heterocycles. The summed E-state index contributed by atoms with van der Waals surface area (Å²) in [4.78, 5) is 11.0. The predicted molar refractivity (Wildman–Crippen MR) is 72.0 cm³/mol. The predicted octanol–water partition coefficient (Wildman–Crippen LogP) is 2.42. The number of rotatable bonds is 4. The second kappa shape index (κ2) is 5.60. The van der Waals surface area contributed by atoms with Crippen molar-refractivity contribution < 1.29 is 23.4 Å². The van der Waals surface area contributed by atoms with Crippen LogP contribution in [0, 0.1) is 11.6 Å². The van der Waals surface area contributed by atoms with Crippen LogP contribution in [0.25, 0.3) is 0 Å². The van der Waals surface area contributed by atoms with E-state index in [9.17, 15) is 13.6 Å². The van der Waals surface area contributed by atoms with Crippen molar-refractivity contribution in [2.24, 2.45) is 0 Å². The summed E-state index contributed by atoms with van der Waals surface area (Å²) in [7, 11) is 1.56. The van der Waals surface area contributed by atoms with Crippen LogP contribution in [0.4, 0.5) is 14.5 Å². The summed E-state index contributed by atoms with van der Waals surface area (Å²) in [5.74, 6) is -2.53. The van der Waals surface area contributed by atoms with Gasteiger partial charge in [0.05, 0.1) is 5.56 Å². The van der Waals surface area contributed by atoms with Gasteiger partial charge in [0.25, 0.3) is 0 Å². The number of ether oxygens (including phenoxy) is 1.